The molecule has 4 aromatic rings. The molecule has 1 heterocycles. The summed E-state index contributed by atoms with van der Waals surface area (Å²) in [5.41, 5.74) is 2.92. The first-order valence-electron chi connectivity index (χ1n) is 11.8. The zero-order valence-electron chi connectivity index (χ0n) is 20.7. The van der Waals surface area contributed by atoms with Gasteiger partial charge in [-0.05, 0) is 71.3 Å². The standard InChI is InChI=1S/C30H23BrN2O5/c1-18-7-9-20-5-3-4-6-23(20)25(18)17-38-26-14-8-19(16-27(26)37-2)15-24-28(34)32-30(36)33(29(24)35)22-12-10-21(31)11-13-22/h3-16H,17H2,1-2H3,(H,32,34,36)/b24-15+. The molecule has 4 amide bonds. The van der Waals surface area contributed by atoms with Gasteiger partial charge in [-0.2, -0.15) is 0 Å². The third kappa shape index (κ3) is 4.90. The van der Waals surface area contributed by atoms with Crippen molar-refractivity contribution >= 4 is 56.3 Å². The predicted molar refractivity (Wildman–Crippen MR) is 149 cm³/mol. The Kier molecular flexibility index (Phi) is 6.98. The SMILES string of the molecule is COc1cc(/C=C2\C(=O)NC(=O)N(c3ccc(Br)cc3)C2=O)ccc1OCc1c(C)ccc2ccccc12. The van der Waals surface area contributed by atoms with E-state index < -0.39 is 17.8 Å². The van der Waals surface area contributed by atoms with Crippen LogP contribution in [-0.2, 0) is 16.2 Å². The van der Waals surface area contributed by atoms with Gasteiger partial charge < -0.3 is 9.47 Å². The van der Waals surface area contributed by atoms with E-state index >= 15 is 0 Å². The summed E-state index contributed by atoms with van der Waals surface area (Å²) in [6, 6.07) is 23.3. The van der Waals surface area contributed by atoms with E-state index in [2.05, 4.69) is 45.5 Å². The lowest BCUT2D eigenvalue weighted by Gasteiger charge is -2.26. The molecule has 8 heteroatoms. The average molecular weight is 571 g/mol. The summed E-state index contributed by atoms with van der Waals surface area (Å²) < 4.78 is 12.5. The number of ether oxygens (including phenoxy) is 2. The highest BCUT2D eigenvalue weighted by Crippen LogP contribution is 2.32. The summed E-state index contributed by atoms with van der Waals surface area (Å²) in [6.07, 6.45) is 1.43. The first kappa shape index (κ1) is 25.2. The summed E-state index contributed by atoms with van der Waals surface area (Å²) in [4.78, 5) is 39.1. The van der Waals surface area contributed by atoms with Gasteiger partial charge in [0, 0.05) is 10.0 Å². The van der Waals surface area contributed by atoms with E-state index in [1.54, 1.807) is 42.5 Å². The number of carbonyl (C=O) groups is 3. The van der Waals surface area contributed by atoms with E-state index in [1.807, 2.05) is 19.1 Å². The first-order valence-corrected chi connectivity index (χ1v) is 12.6. The monoisotopic (exact) mass is 570 g/mol. The van der Waals surface area contributed by atoms with Crippen LogP contribution in [0.5, 0.6) is 11.5 Å². The predicted octanol–water partition coefficient (Wildman–Crippen LogP) is 6.16. The second-order valence-electron chi connectivity index (χ2n) is 8.72. The molecule has 0 radical (unpaired) electrons. The maximum atomic E-state index is 13.2. The number of benzene rings is 4. The van der Waals surface area contributed by atoms with Gasteiger partial charge in [-0.1, -0.05) is 58.4 Å². The van der Waals surface area contributed by atoms with Crippen molar-refractivity contribution in [1.29, 1.82) is 0 Å². The molecule has 4 aromatic carbocycles. The molecule has 1 N–H and O–H groups in total. The maximum Gasteiger partial charge on any atom is 0.335 e. The van der Waals surface area contributed by atoms with Crippen molar-refractivity contribution in [3.05, 3.63) is 106 Å². The lowest BCUT2D eigenvalue weighted by Crippen LogP contribution is -2.54. The summed E-state index contributed by atoms with van der Waals surface area (Å²) >= 11 is 3.33. The molecule has 1 aliphatic heterocycles. The summed E-state index contributed by atoms with van der Waals surface area (Å²) in [5, 5.41) is 4.49. The zero-order valence-corrected chi connectivity index (χ0v) is 22.2. The van der Waals surface area contributed by atoms with Gasteiger partial charge in [0.2, 0.25) is 0 Å². The molecule has 0 aliphatic carbocycles. The van der Waals surface area contributed by atoms with Gasteiger partial charge in [0.1, 0.15) is 12.2 Å². The molecule has 0 unspecified atom stereocenters. The molecule has 38 heavy (non-hydrogen) atoms. The number of carbonyl (C=O) groups excluding carboxylic acids is 3. The molecule has 1 fully saturated rings. The fourth-order valence-electron chi connectivity index (χ4n) is 4.33. The maximum absolute atomic E-state index is 13.2. The van der Waals surface area contributed by atoms with Crippen molar-refractivity contribution in [2.45, 2.75) is 13.5 Å². The first-order chi connectivity index (χ1) is 18.4. The molecule has 1 saturated heterocycles. The van der Waals surface area contributed by atoms with Crippen molar-refractivity contribution < 1.29 is 23.9 Å². The van der Waals surface area contributed by atoms with Gasteiger partial charge >= 0.3 is 6.03 Å². The smallest absolute Gasteiger partial charge is 0.335 e. The number of amides is 4. The number of imide groups is 2. The Morgan fingerprint density at radius 3 is 2.45 bits per heavy atom. The highest BCUT2D eigenvalue weighted by Gasteiger charge is 2.36. The highest BCUT2D eigenvalue weighted by molar-refractivity contribution is 9.10. The highest BCUT2D eigenvalue weighted by atomic mass is 79.9. The van der Waals surface area contributed by atoms with E-state index in [1.165, 1.54) is 13.2 Å². The number of aryl methyl sites for hydroxylation is 1. The number of nitrogens with zero attached hydrogens (tertiary/aromatic N) is 1. The molecule has 0 saturated carbocycles. The van der Waals surface area contributed by atoms with Crippen LogP contribution in [0.25, 0.3) is 16.8 Å². The van der Waals surface area contributed by atoms with Crippen molar-refractivity contribution in [3.8, 4) is 11.5 Å². The Bertz CT molecular complexity index is 1610. The van der Waals surface area contributed by atoms with Crippen molar-refractivity contribution in [1.82, 2.24) is 5.32 Å². The number of nitrogens with one attached hydrogen (secondary N) is 1. The van der Waals surface area contributed by atoms with Gasteiger partial charge in [0.05, 0.1) is 12.8 Å². The van der Waals surface area contributed by atoms with E-state index in [0.29, 0.717) is 29.4 Å². The van der Waals surface area contributed by atoms with Crippen LogP contribution in [0, 0.1) is 6.92 Å². The molecule has 7 nitrogen and oxygen atoms in total. The number of barbiturate groups is 1. The molecule has 5 rings (SSSR count). The van der Waals surface area contributed by atoms with Crippen LogP contribution in [0.15, 0.2) is 88.9 Å². The quantitative estimate of drug-likeness (QED) is 0.221. The van der Waals surface area contributed by atoms with E-state index in [-0.39, 0.29) is 5.57 Å². The van der Waals surface area contributed by atoms with Crippen molar-refractivity contribution in [2.75, 3.05) is 12.0 Å². The summed E-state index contributed by atoms with van der Waals surface area (Å²) in [7, 11) is 1.52. The fraction of sp³-hybridized carbons (Fsp3) is 0.100. The number of hydrogen-bond acceptors (Lipinski definition) is 5. The molecule has 0 aromatic heterocycles. The fourth-order valence-corrected chi connectivity index (χ4v) is 4.59. The van der Waals surface area contributed by atoms with Crippen LogP contribution in [0.4, 0.5) is 10.5 Å². The molecular formula is C30H23BrN2O5. The van der Waals surface area contributed by atoms with Gasteiger partial charge in [-0.25, -0.2) is 9.69 Å². The molecule has 0 spiro atoms. The lowest BCUT2D eigenvalue weighted by atomic mass is 10.0. The van der Waals surface area contributed by atoms with Crippen molar-refractivity contribution in [3.63, 3.8) is 0 Å². The van der Waals surface area contributed by atoms with Gasteiger partial charge in [-0.15, -0.1) is 0 Å². The number of hydrogen-bond donors (Lipinski definition) is 1. The summed E-state index contributed by atoms with van der Waals surface area (Å²) in [6.45, 7) is 2.39. The Labute approximate surface area is 227 Å². The minimum absolute atomic E-state index is 0.172. The Morgan fingerprint density at radius 1 is 0.921 bits per heavy atom. The number of halogens is 1. The van der Waals surface area contributed by atoms with Crippen LogP contribution in [0.1, 0.15) is 16.7 Å². The Hall–Kier alpha value is -4.43. The van der Waals surface area contributed by atoms with Gasteiger partial charge in [0.15, 0.2) is 11.5 Å². The van der Waals surface area contributed by atoms with Crippen LogP contribution < -0.4 is 19.7 Å². The van der Waals surface area contributed by atoms with E-state index in [0.717, 1.165) is 31.3 Å². The minimum atomic E-state index is -0.801. The van der Waals surface area contributed by atoms with Crippen molar-refractivity contribution in [2.24, 2.45) is 0 Å². The van der Waals surface area contributed by atoms with Crippen LogP contribution in [0.3, 0.4) is 0 Å². The number of methoxy groups -OCH3 is 1. The second-order valence-corrected chi connectivity index (χ2v) is 9.63. The third-order valence-electron chi connectivity index (χ3n) is 6.33. The molecule has 0 atom stereocenters. The normalized spacial score (nSPS) is 14.7. The average Bonchev–Trinajstić information content (AvgIpc) is 2.91. The number of fused-ring (bicyclic) bond motifs is 1. The zero-order chi connectivity index (χ0) is 26.8. The summed E-state index contributed by atoms with van der Waals surface area (Å²) in [5.74, 6) is -0.513. The Balaban J connectivity index is 1.41. The largest absolute Gasteiger partial charge is 0.493 e. The topological polar surface area (TPSA) is 84.9 Å². The second kappa shape index (κ2) is 10.5. The number of anilines is 1. The Morgan fingerprint density at radius 2 is 1.68 bits per heavy atom. The van der Waals surface area contributed by atoms with E-state index in [4.69, 9.17) is 9.47 Å². The minimum Gasteiger partial charge on any atom is -0.493 e. The molecule has 190 valence electrons. The number of urea groups is 1. The van der Waals surface area contributed by atoms with Crippen LogP contribution in [-0.4, -0.2) is 25.0 Å². The molecule has 1 aliphatic rings. The third-order valence-corrected chi connectivity index (χ3v) is 6.86. The van der Waals surface area contributed by atoms with E-state index in [9.17, 15) is 14.4 Å². The van der Waals surface area contributed by atoms with Gasteiger partial charge in [0.25, 0.3) is 11.8 Å². The molecular weight excluding hydrogens is 548 g/mol. The lowest BCUT2D eigenvalue weighted by molar-refractivity contribution is -0.122. The van der Waals surface area contributed by atoms with Gasteiger partial charge in [-0.3, -0.25) is 14.9 Å². The number of rotatable bonds is 6. The molecule has 0 bridgehead atoms. The van der Waals surface area contributed by atoms with Crippen LogP contribution >= 0.6 is 15.9 Å². The van der Waals surface area contributed by atoms with Crippen LogP contribution in [0.2, 0.25) is 0 Å².